The number of aromatic nitrogens is 2. The van der Waals surface area contributed by atoms with Gasteiger partial charge in [0.1, 0.15) is 11.5 Å². The number of carbonyl (C=O) groups is 1. The van der Waals surface area contributed by atoms with Crippen LogP contribution in [0.3, 0.4) is 0 Å². The molecule has 0 aliphatic carbocycles. The van der Waals surface area contributed by atoms with Gasteiger partial charge in [0.2, 0.25) is 5.91 Å². The smallest absolute Gasteiger partial charge is 0.229 e. The highest BCUT2D eigenvalue weighted by Gasteiger charge is 2.23. The number of rotatable bonds is 4. The Hall–Kier alpha value is -2.86. The van der Waals surface area contributed by atoms with Crippen LogP contribution in [0, 0.1) is 0 Å². The molecule has 0 bridgehead atoms. The molecule has 0 atom stereocenters. The van der Waals surface area contributed by atoms with Gasteiger partial charge in [0.25, 0.3) is 0 Å². The number of hydrogen-bond acceptors (Lipinski definition) is 4. The van der Waals surface area contributed by atoms with Crippen LogP contribution >= 0.6 is 0 Å². The molecule has 140 valence electrons. The second-order valence-corrected chi connectivity index (χ2v) is 6.63. The highest BCUT2D eigenvalue weighted by Crippen LogP contribution is 2.31. The first-order chi connectivity index (χ1) is 13.2. The van der Waals surface area contributed by atoms with E-state index in [4.69, 9.17) is 9.72 Å². The van der Waals surface area contributed by atoms with Gasteiger partial charge in [-0.15, -0.1) is 0 Å². The summed E-state index contributed by atoms with van der Waals surface area (Å²) in [7, 11) is 0. The van der Waals surface area contributed by atoms with Gasteiger partial charge in [-0.1, -0.05) is 13.0 Å². The van der Waals surface area contributed by atoms with Crippen LogP contribution in [0.2, 0.25) is 0 Å². The number of fused-ring (bicyclic) bond motifs is 1. The molecule has 27 heavy (non-hydrogen) atoms. The Labute approximate surface area is 159 Å². The van der Waals surface area contributed by atoms with E-state index in [2.05, 4.69) is 24.0 Å². The summed E-state index contributed by atoms with van der Waals surface area (Å²) in [6.45, 7) is 6.95. The Morgan fingerprint density at radius 1 is 1.15 bits per heavy atom. The molecule has 6 nitrogen and oxygen atoms in total. The zero-order chi connectivity index (χ0) is 18.8. The van der Waals surface area contributed by atoms with Crippen molar-refractivity contribution >= 4 is 28.7 Å². The van der Waals surface area contributed by atoms with Gasteiger partial charge in [-0.05, 0) is 42.8 Å². The van der Waals surface area contributed by atoms with Gasteiger partial charge < -0.3 is 9.64 Å². The SMILES string of the molecule is CCc1nc2ccccn2c1N(C(C)=O)c1ccc(N2CCOCC2)cc1. The number of anilines is 3. The van der Waals surface area contributed by atoms with Gasteiger partial charge in [-0.3, -0.25) is 14.1 Å². The van der Waals surface area contributed by atoms with Crippen LogP contribution in [0.15, 0.2) is 48.7 Å². The fourth-order valence-electron chi connectivity index (χ4n) is 3.59. The maximum Gasteiger partial charge on any atom is 0.229 e. The van der Waals surface area contributed by atoms with E-state index in [-0.39, 0.29) is 5.91 Å². The summed E-state index contributed by atoms with van der Waals surface area (Å²) in [5.74, 6) is 0.786. The predicted molar refractivity (Wildman–Crippen MR) is 107 cm³/mol. The van der Waals surface area contributed by atoms with E-state index in [0.717, 1.165) is 61.3 Å². The number of benzene rings is 1. The van der Waals surface area contributed by atoms with Crippen LogP contribution in [0.4, 0.5) is 17.2 Å². The minimum atomic E-state index is -0.0329. The van der Waals surface area contributed by atoms with Gasteiger partial charge in [-0.2, -0.15) is 0 Å². The normalized spacial score (nSPS) is 14.5. The van der Waals surface area contributed by atoms with E-state index < -0.39 is 0 Å². The quantitative estimate of drug-likeness (QED) is 0.712. The van der Waals surface area contributed by atoms with Gasteiger partial charge in [0.05, 0.1) is 24.6 Å². The van der Waals surface area contributed by atoms with Crippen LogP contribution in [0.5, 0.6) is 0 Å². The van der Waals surface area contributed by atoms with Crippen LogP contribution in [-0.4, -0.2) is 41.6 Å². The minimum absolute atomic E-state index is 0.0329. The van der Waals surface area contributed by atoms with Crippen LogP contribution in [0.1, 0.15) is 19.5 Å². The lowest BCUT2D eigenvalue weighted by Crippen LogP contribution is -2.36. The topological polar surface area (TPSA) is 50.1 Å². The Kier molecular flexibility index (Phi) is 4.81. The molecular weight excluding hydrogens is 340 g/mol. The van der Waals surface area contributed by atoms with Crippen LogP contribution < -0.4 is 9.80 Å². The molecule has 1 fully saturated rings. The number of nitrogens with zero attached hydrogens (tertiary/aromatic N) is 4. The number of pyridine rings is 1. The lowest BCUT2D eigenvalue weighted by atomic mass is 10.2. The molecule has 4 rings (SSSR count). The number of imidazole rings is 1. The summed E-state index contributed by atoms with van der Waals surface area (Å²) in [4.78, 5) is 21.4. The monoisotopic (exact) mass is 364 g/mol. The summed E-state index contributed by atoms with van der Waals surface area (Å²) in [6, 6.07) is 14.0. The number of hydrogen-bond donors (Lipinski definition) is 0. The second-order valence-electron chi connectivity index (χ2n) is 6.63. The van der Waals surface area contributed by atoms with Crippen molar-refractivity contribution in [2.75, 3.05) is 36.1 Å². The second kappa shape index (κ2) is 7.40. The van der Waals surface area contributed by atoms with Crippen molar-refractivity contribution < 1.29 is 9.53 Å². The number of aryl methyl sites for hydroxylation is 1. The highest BCUT2D eigenvalue weighted by atomic mass is 16.5. The summed E-state index contributed by atoms with van der Waals surface area (Å²) in [5, 5.41) is 0. The molecule has 2 aromatic heterocycles. The number of ether oxygens (including phenoxy) is 1. The van der Waals surface area contributed by atoms with E-state index in [9.17, 15) is 4.79 Å². The van der Waals surface area contributed by atoms with E-state index in [1.165, 1.54) is 0 Å². The lowest BCUT2D eigenvalue weighted by Gasteiger charge is -2.29. The third-order valence-corrected chi connectivity index (χ3v) is 4.92. The zero-order valence-electron chi connectivity index (χ0n) is 15.8. The third kappa shape index (κ3) is 3.28. The van der Waals surface area contributed by atoms with E-state index >= 15 is 0 Å². The molecule has 3 aromatic rings. The molecule has 1 amide bonds. The first kappa shape index (κ1) is 17.5. The first-order valence-electron chi connectivity index (χ1n) is 9.38. The Morgan fingerprint density at radius 2 is 1.89 bits per heavy atom. The number of carbonyl (C=O) groups excluding carboxylic acids is 1. The van der Waals surface area contributed by atoms with Gasteiger partial charge in [-0.25, -0.2) is 4.98 Å². The molecule has 6 heteroatoms. The molecule has 1 aliphatic heterocycles. The van der Waals surface area contributed by atoms with Crippen molar-refractivity contribution in [3.8, 4) is 0 Å². The number of amides is 1. The summed E-state index contributed by atoms with van der Waals surface area (Å²) >= 11 is 0. The molecule has 0 spiro atoms. The van der Waals surface area contributed by atoms with Crippen molar-refractivity contribution in [1.29, 1.82) is 0 Å². The summed E-state index contributed by atoms with van der Waals surface area (Å²) in [6.07, 6.45) is 2.71. The molecule has 1 aliphatic rings. The standard InChI is InChI=1S/C21H24N4O2/c1-3-19-21(24-11-5-4-6-20(24)22-19)25(16(2)26)18-9-7-17(8-10-18)23-12-14-27-15-13-23/h4-11H,3,12-15H2,1-2H3. The fourth-order valence-corrected chi connectivity index (χ4v) is 3.59. The molecule has 3 heterocycles. The molecule has 1 aromatic carbocycles. The molecule has 0 saturated carbocycles. The molecule has 0 N–H and O–H groups in total. The minimum Gasteiger partial charge on any atom is -0.378 e. The molecule has 0 radical (unpaired) electrons. The van der Waals surface area contributed by atoms with E-state index in [0.29, 0.717) is 0 Å². The van der Waals surface area contributed by atoms with Crippen molar-refractivity contribution in [3.05, 3.63) is 54.4 Å². The van der Waals surface area contributed by atoms with E-state index in [1.54, 1.807) is 11.8 Å². The maximum atomic E-state index is 12.6. The summed E-state index contributed by atoms with van der Waals surface area (Å²) in [5.41, 5.74) is 3.76. The van der Waals surface area contributed by atoms with Gasteiger partial charge in [0.15, 0.2) is 0 Å². The Bertz CT molecular complexity index is 942. The largest absolute Gasteiger partial charge is 0.378 e. The first-order valence-corrected chi connectivity index (χ1v) is 9.38. The van der Waals surface area contributed by atoms with E-state index in [1.807, 2.05) is 40.9 Å². The maximum absolute atomic E-state index is 12.6. The highest BCUT2D eigenvalue weighted by molar-refractivity contribution is 5.99. The Morgan fingerprint density at radius 3 is 2.56 bits per heavy atom. The average molecular weight is 364 g/mol. The van der Waals surface area contributed by atoms with Crippen molar-refractivity contribution in [2.24, 2.45) is 0 Å². The van der Waals surface area contributed by atoms with Crippen LogP contribution in [0.25, 0.3) is 5.65 Å². The third-order valence-electron chi connectivity index (χ3n) is 4.92. The summed E-state index contributed by atoms with van der Waals surface area (Å²) < 4.78 is 7.41. The van der Waals surface area contributed by atoms with Gasteiger partial charge in [0, 0.05) is 31.9 Å². The van der Waals surface area contributed by atoms with Gasteiger partial charge >= 0.3 is 0 Å². The number of morpholine rings is 1. The van der Waals surface area contributed by atoms with Crippen molar-refractivity contribution in [1.82, 2.24) is 9.38 Å². The van der Waals surface area contributed by atoms with Crippen LogP contribution in [-0.2, 0) is 16.0 Å². The van der Waals surface area contributed by atoms with Crippen molar-refractivity contribution in [3.63, 3.8) is 0 Å². The average Bonchev–Trinajstić information content (AvgIpc) is 3.08. The molecular formula is C21H24N4O2. The lowest BCUT2D eigenvalue weighted by molar-refractivity contribution is -0.115. The zero-order valence-corrected chi connectivity index (χ0v) is 15.8. The molecule has 1 saturated heterocycles. The molecule has 0 unspecified atom stereocenters. The predicted octanol–water partition coefficient (Wildman–Crippen LogP) is 3.42. The van der Waals surface area contributed by atoms with Crippen molar-refractivity contribution in [2.45, 2.75) is 20.3 Å². The Balaban J connectivity index is 1.74. The fraction of sp³-hybridized carbons (Fsp3) is 0.333.